The van der Waals surface area contributed by atoms with E-state index in [1.807, 2.05) is 0 Å². The maximum atomic E-state index is 11.3. The van der Waals surface area contributed by atoms with E-state index in [-0.39, 0.29) is 11.4 Å². The number of esters is 1. The Hall–Kier alpha value is -0.530. The van der Waals surface area contributed by atoms with Crippen molar-refractivity contribution in [2.75, 3.05) is 6.61 Å². The summed E-state index contributed by atoms with van der Waals surface area (Å²) in [5, 5.41) is 0. The van der Waals surface area contributed by atoms with Gasteiger partial charge in [0.05, 0.1) is 13.0 Å². The van der Waals surface area contributed by atoms with E-state index in [1.165, 1.54) is 19.3 Å². The van der Waals surface area contributed by atoms with E-state index in [0.717, 1.165) is 30.3 Å². The van der Waals surface area contributed by atoms with Gasteiger partial charge in [-0.25, -0.2) is 0 Å². The van der Waals surface area contributed by atoms with Crippen molar-refractivity contribution in [3.63, 3.8) is 0 Å². The van der Waals surface area contributed by atoms with Crippen LogP contribution in [0.4, 0.5) is 0 Å². The topological polar surface area (TPSA) is 26.3 Å². The Bertz CT molecular complexity index is 297. The zero-order chi connectivity index (χ0) is 10.6. The molecule has 2 aliphatic carbocycles. The first-order valence-corrected chi connectivity index (χ1v) is 6.26. The van der Waals surface area contributed by atoms with E-state index in [4.69, 9.17) is 4.74 Å². The average Bonchev–Trinajstić information content (AvgIpc) is 2.80. The molecule has 1 heterocycles. The van der Waals surface area contributed by atoms with Gasteiger partial charge in [-0.15, -0.1) is 0 Å². The number of hydrogen-bond donors (Lipinski definition) is 0. The van der Waals surface area contributed by atoms with Gasteiger partial charge < -0.3 is 4.74 Å². The third kappa shape index (κ3) is 1.26. The van der Waals surface area contributed by atoms with Crippen molar-refractivity contribution in [2.45, 2.75) is 39.5 Å². The molecule has 1 spiro atoms. The molecule has 2 saturated carbocycles. The highest BCUT2D eigenvalue weighted by atomic mass is 16.5. The molecular formula is C13H20O2. The first-order valence-electron chi connectivity index (χ1n) is 6.26. The molecule has 0 aromatic rings. The van der Waals surface area contributed by atoms with Crippen LogP contribution in [0.5, 0.6) is 0 Å². The van der Waals surface area contributed by atoms with Gasteiger partial charge in [0.15, 0.2) is 0 Å². The van der Waals surface area contributed by atoms with Crippen molar-refractivity contribution in [3.05, 3.63) is 0 Å². The molecule has 3 rings (SSSR count). The molecular weight excluding hydrogens is 188 g/mol. The zero-order valence-electron chi connectivity index (χ0n) is 9.66. The van der Waals surface area contributed by atoms with Gasteiger partial charge in [-0.05, 0) is 42.9 Å². The second-order valence-corrected chi connectivity index (χ2v) is 6.26. The Labute approximate surface area is 91.4 Å². The average molecular weight is 208 g/mol. The normalized spacial score (nSPS) is 48.2. The Kier molecular flexibility index (Phi) is 1.93. The smallest absolute Gasteiger partial charge is 0.306 e. The van der Waals surface area contributed by atoms with Crippen molar-refractivity contribution in [1.29, 1.82) is 0 Å². The summed E-state index contributed by atoms with van der Waals surface area (Å²) in [5.74, 6) is 3.32. The molecule has 15 heavy (non-hydrogen) atoms. The number of carbonyl (C=O) groups is 1. The fourth-order valence-corrected chi connectivity index (χ4v) is 4.50. The number of rotatable bonds is 1. The standard InChI is InChI=1S/C13H20O2/c1-8(2)10-3-9-4-11(10)13(5-9)6-12(14)15-7-13/h8-11H,3-7H2,1-2H3. The maximum Gasteiger partial charge on any atom is 0.306 e. The summed E-state index contributed by atoms with van der Waals surface area (Å²) in [5.41, 5.74) is 0.259. The Morgan fingerprint density at radius 2 is 2.20 bits per heavy atom. The van der Waals surface area contributed by atoms with Crippen molar-refractivity contribution >= 4 is 5.97 Å². The lowest BCUT2D eigenvalue weighted by molar-refractivity contribution is -0.137. The number of cyclic esters (lactones) is 1. The third-order valence-electron chi connectivity index (χ3n) is 5.06. The van der Waals surface area contributed by atoms with Crippen LogP contribution in [0.1, 0.15) is 39.5 Å². The molecule has 0 aromatic carbocycles. The summed E-state index contributed by atoms with van der Waals surface area (Å²) >= 11 is 0. The van der Waals surface area contributed by atoms with E-state index in [9.17, 15) is 4.79 Å². The predicted octanol–water partition coefficient (Wildman–Crippen LogP) is 2.62. The molecule has 1 aliphatic heterocycles. The molecule has 2 bridgehead atoms. The predicted molar refractivity (Wildman–Crippen MR) is 57.2 cm³/mol. The molecule has 0 aromatic heterocycles. The molecule has 4 atom stereocenters. The van der Waals surface area contributed by atoms with Crippen LogP contribution < -0.4 is 0 Å². The maximum absolute atomic E-state index is 11.3. The lowest BCUT2D eigenvalue weighted by Crippen LogP contribution is -2.35. The lowest BCUT2D eigenvalue weighted by Gasteiger charge is -2.38. The van der Waals surface area contributed by atoms with Gasteiger partial charge in [-0.1, -0.05) is 13.8 Å². The summed E-state index contributed by atoms with van der Waals surface area (Å²) in [6.45, 7) is 5.38. The highest BCUT2D eigenvalue weighted by Crippen LogP contribution is 2.63. The Morgan fingerprint density at radius 3 is 2.73 bits per heavy atom. The Morgan fingerprint density at radius 1 is 1.40 bits per heavy atom. The monoisotopic (exact) mass is 208 g/mol. The fourth-order valence-electron chi connectivity index (χ4n) is 4.50. The molecule has 2 heteroatoms. The van der Waals surface area contributed by atoms with E-state index in [2.05, 4.69) is 13.8 Å². The van der Waals surface area contributed by atoms with E-state index >= 15 is 0 Å². The third-order valence-corrected chi connectivity index (χ3v) is 5.06. The highest BCUT2D eigenvalue weighted by Gasteiger charge is 2.59. The van der Waals surface area contributed by atoms with Gasteiger partial charge in [0, 0.05) is 5.41 Å². The van der Waals surface area contributed by atoms with Crippen LogP contribution >= 0.6 is 0 Å². The Balaban J connectivity index is 1.85. The van der Waals surface area contributed by atoms with Gasteiger partial charge in [0.25, 0.3) is 0 Å². The number of carbonyl (C=O) groups excluding carboxylic acids is 1. The first kappa shape index (κ1) is 9.68. The summed E-state index contributed by atoms with van der Waals surface area (Å²) in [7, 11) is 0. The molecule has 1 saturated heterocycles. The van der Waals surface area contributed by atoms with Crippen LogP contribution in [0, 0.1) is 29.1 Å². The number of hydrogen-bond acceptors (Lipinski definition) is 2. The molecule has 0 N–H and O–H groups in total. The quantitative estimate of drug-likeness (QED) is 0.619. The first-order chi connectivity index (χ1) is 7.11. The summed E-state index contributed by atoms with van der Waals surface area (Å²) in [4.78, 5) is 11.3. The highest BCUT2D eigenvalue weighted by molar-refractivity contribution is 5.72. The van der Waals surface area contributed by atoms with Crippen LogP contribution in [-0.2, 0) is 9.53 Å². The van der Waals surface area contributed by atoms with Crippen molar-refractivity contribution < 1.29 is 9.53 Å². The molecule has 0 radical (unpaired) electrons. The summed E-state index contributed by atoms with van der Waals surface area (Å²) in [6, 6.07) is 0. The minimum Gasteiger partial charge on any atom is -0.465 e. The number of fused-ring (bicyclic) bond motifs is 3. The van der Waals surface area contributed by atoms with E-state index < -0.39 is 0 Å². The fraction of sp³-hybridized carbons (Fsp3) is 0.923. The second kappa shape index (κ2) is 2.99. The largest absolute Gasteiger partial charge is 0.465 e. The summed E-state index contributed by atoms with van der Waals surface area (Å²) < 4.78 is 5.23. The van der Waals surface area contributed by atoms with E-state index in [0.29, 0.717) is 6.42 Å². The van der Waals surface area contributed by atoms with Crippen molar-refractivity contribution in [2.24, 2.45) is 29.1 Å². The molecule has 84 valence electrons. The van der Waals surface area contributed by atoms with Crippen LogP contribution in [0.2, 0.25) is 0 Å². The molecule has 0 amide bonds. The van der Waals surface area contributed by atoms with Crippen LogP contribution in [0.15, 0.2) is 0 Å². The van der Waals surface area contributed by atoms with Crippen LogP contribution in [-0.4, -0.2) is 12.6 Å². The molecule has 2 nitrogen and oxygen atoms in total. The molecule has 4 unspecified atom stereocenters. The zero-order valence-corrected chi connectivity index (χ0v) is 9.66. The minimum atomic E-state index is 0.0463. The van der Waals surface area contributed by atoms with Gasteiger partial charge >= 0.3 is 5.97 Å². The number of ether oxygens (including phenoxy) is 1. The minimum absolute atomic E-state index is 0.0463. The van der Waals surface area contributed by atoms with Gasteiger partial charge in [0.1, 0.15) is 0 Å². The van der Waals surface area contributed by atoms with Crippen molar-refractivity contribution in [1.82, 2.24) is 0 Å². The van der Waals surface area contributed by atoms with Crippen LogP contribution in [0.25, 0.3) is 0 Å². The van der Waals surface area contributed by atoms with Gasteiger partial charge in [0.2, 0.25) is 0 Å². The van der Waals surface area contributed by atoms with Gasteiger partial charge in [-0.2, -0.15) is 0 Å². The second-order valence-electron chi connectivity index (χ2n) is 6.26. The van der Waals surface area contributed by atoms with E-state index in [1.54, 1.807) is 0 Å². The van der Waals surface area contributed by atoms with Gasteiger partial charge in [-0.3, -0.25) is 4.79 Å². The SMILES string of the molecule is CC(C)C1CC2CC1C1(COC(=O)C1)C2. The summed E-state index contributed by atoms with van der Waals surface area (Å²) in [6.07, 6.45) is 4.72. The van der Waals surface area contributed by atoms with Crippen molar-refractivity contribution in [3.8, 4) is 0 Å². The molecule has 3 aliphatic rings. The molecule has 3 fully saturated rings. The van der Waals surface area contributed by atoms with Crippen LogP contribution in [0.3, 0.4) is 0 Å². The lowest BCUT2D eigenvalue weighted by atomic mass is 9.65.